The number of halogens is 1. The second-order valence-electron chi connectivity index (χ2n) is 10.2. The van der Waals surface area contributed by atoms with E-state index in [1.54, 1.807) is 24.1 Å². The van der Waals surface area contributed by atoms with Crippen molar-refractivity contribution in [2.24, 2.45) is 0 Å². The van der Waals surface area contributed by atoms with Gasteiger partial charge in [0.25, 0.3) is 0 Å². The Morgan fingerprint density at radius 3 is 2.47 bits per heavy atom. The number of hydrogen-bond acceptors (Lipinski definition) is 6. The van der Waals surface area contributed by atoms with E-state index < -0.39 is 0 Å². The third kappa shape index (κ3) is 4.35. The summed E-state index contributed by atoms with van der Waals surface area (Å²) < 4.78 is 18.9. The molecule has 0 radical (unpaired) electrons. The molecule has 6 rings (SSSR count). The fourth-order valence-corrected chi connectivity index (χ4v) is 6.17. The van der Waals surface area contributed by atoms with Gasteiger partial charge in [-0.3, -0.25) is 4.90 Å². The molecule has 2 aromatic heterocycles. The second-order valence-corrected chi connectivity index (χ2v) is 10.6. The number of ether oxygens (including phenoxy) is 2. The van der Waals surface area contributed by atoms with Gasteiger partial charge in [-0.05, 0) is 81.5 Å². The van der Waals surface area contributed by atoms with Crippen molar-refractivity contribution >= 4 is 34.4 Å². The van der Waals surface area contributed by atoms with Gasteiger partial charge < -0.3 is 18.6 Å². The maximum atomic E-state index is 13.1. The molecule has 1 saturated heterocycles. The van der Waals surface area contributed by atoms with Crippen LogP contribution in [-0.4, -0.2) is 40.6 Å². The van der Waals surface area contributed by atoms with Crippen LogP contribution in [0.15, 0.2) is 47.0 Å². The number of carbonyl (C=O) groups is 1. The van der Waals surface area contributed by atoms with Crippen LogP contribution in [0.25, 0.3) is 22.2 Å². The van der Waals surface area contributed by atoms with Gasteiger partial charge in [0.2, 0.25) is 0 Å². The van der Waals surface area contributed by atoms with Gasteiger partial charge in [0, 0.05) is 35.8 Å². The number of fused-ring (bicyclic) bond motifs is 1. The fraction of sp³-hybridized carbons (Fsp3) is 0.414. The van der Waals surface area contributed by atoms with Crippen molar-refractivity contribution in [3.05, 3.63) is 64.8 Å². The smallest absolute Gasteiger partial charge is 0.414 e. The van der Waals surface area contributed by atoms with Gasteiger partial charge in [0.15, 0.2) is 0 Å². The molecule has 38 heavy (non-hydrogen) atoms. The molecule has 2 aromatic carbocycles. The molecule has 8 nitrogen and oxygen atoms in total. The minimum Gasteiger partial charge on any atom is -0.449 e. The monoisotopic (exact) mass is 534 g/mol. The average Bonchev–Trinajstić information content (AvgIpc) is 3.48. The van der Waals surface area contributed by atoms with Gasteiger partial charge in [0.1, 0.15) is 17.6 Å². The Labute approximate surface area is 226 Å². The Bertz CT molecular complexity index is 1450. The van der Waals surface area contributed by atoms with E-state index in [1.165, 1.54) is 0 Å². The van der Waals surface area contributed by atoms with E-state index >= 15 is 0 Å². The first-order chi connectivity index (χ1) is 18.4. The van der Waals surface area contributed by atoms with Crippen molar-refractivity contribution in [3.8, 4) is 11.1 Å². The van der Waals surface area contributed by atoms with Gasteiger partial charge in [-0.25, -0.2) is 9.78 Å². The Kier molecular flexibility index (Phi) is 6.61. The van der Waals surface area contributed by atoms with Crippen LogP contribution >= 0.6 is 11.6 Å². The number of amides is 1. The summed E-state index contributed by atoms with van der Waals surface area (Å²) in [7, 11) is 1.79. The molecule has 1 aliphatic carbocycles. The van der Waals surface area contributed by atoms with Crippen LogP contribution in [-0.2, 0) is 9.47 Å². The van der Waals surface area contributed by atoms with E-state index in [2.05, 4.69) is 27.9 Å². The summed E-state index contributed by atoms with van der Waals surface area (Å²) in [5.41, 5.74) is 5.55. The number of carbonyl (C=O) groups excluding carboxylic acids is 1. The third-order valence-electron chi connectivity index (χ3n) is 7.91. The Hall–Kier alpha value is -3.36. The molecule has 0 N–H and O–H groups in total. The second kappa shape index (κ2) is 10.1. The lowest BCUT2D eigenvalue weighted by atomic mass is 9.92. The highest BCUT2D eigenvalue weighted by Crippen LogP contribution is 2.41. The average molecular weight is 535 g/mol. The number of methoxy groups -OCH3 is 1. The van der Waals surface area contributed by atoms with E-state index in [9.17, 15) is 4.79 Å². The Morgan fingerprint density at radius 1 is 1.03 bits per heavy atom. The number of nitrogens with zero attached hydrogens (tertiary/aromatic N) is 4. The molecule has 4 aromatic rings. The molecular formula is C29H31ClN4O4. The van der Waals surface area contributed by atoms with E-state index in [0.29, 0.717) is 18.1 Å². The molecule has 2 fully saturated rings. The van der Waals surface area contributed by atoms with Crippen LogP contribution in [0.5, 0.6) is 0 Å². The minimum atomic E-state index is -0.373. The molecule has 0 unspecified atom stereocenters. The fourth-order valence-electron chi connectivity index (χ4n) is 6.04. The topological polar surface area (TPSA) is 82.6 Å². The quantitative estimate of drug-likeness (QED) is 0.270. The van der Waals surface area contributed by atoms with Gasteiger partial charge >= 0.3 is 6.09 Å². The third-order valence-corrected chi connectivity index (χ3v) is 8.16. The predicted octanol–water partition coefficient (Wildman–Crippen LogP) is 7.18. The van der Waals surface area contributed by atoms with E-state index in [-0.39, 0.29) is 24.3 Å². The van der Waals surface area contributed by atoms with Gasteiger partial charge in [0.05, 0.1) is 29.4 Å². The number of aromatic nitrogens is 3. The molecule has 1 saturated carbocycles. The summed E-state index contributed by atoms with van der Waals surface area (Å²) in [6.07, 6.45) is 4.51. The SMILES string of the molecule is CO[C@H]1CC[C@H](n2c([C@@H]3CCOC(=O)N3c3ccc(Cl)cc3)nc3cc(-c4c(C)noc4C)ccc32)CC1. The zero-order valence-corrected chi connectivity index (χ0v) is 22.6. The molecule has 0 bridgehead atoms. The zero-order valence-electron chi connectivity index (χ0n) is 21.8. The van der Waals surface area contributed by atoms with Crippen LogP contribution in [0.2, 0.25) is 5.02 Å². The van der Waals surface area contributed by atoms with Crippen molar-refractivity contribution in [2.75, 3.05) is 18.6 Å². The van der Waals surface area contributed by atoms with Crippen LogP contribution in [0.4, 0.5) is 10.5 Å². The van der Waals surface area contributed by atoms with E-state index in [0.717, 1.165) is 70.8 Å². The summed E-state index contributed by atoms with van der Waals surface area (Å²) in [5, 5.41) is 4.75. The summed E-state index contributed by atoms with van der Waals surface area (Å²) in [6.45, 7) is 4.22. The van der Waals surface area contributed by atoms with E-state index in [4.69, 9.17) is 30.6 Å². The first kappa shape index (κ1) is 24.9. The van der Waals surface area contributed by atoms with Crippen molar-refractivity contribution in [3.63, 3.8) is 0 Å². The number of imidazole rings is 1. The Morgan fingerprint density at radius 2 is 1.79 bits per heavy atom. The highest BCUT2D eigenvalue weighted by Gasteiger charge is 2.37. The summed E-state index contributed by atoms with van der Waals surface area (Å²) >= 11 is 6.15. The highest BCUT2D eigenvalue weighted by molar-refractivity contribution is 6.30. The number of rotatable bonds is 5. The lowest BCUT2D eigenvalue weighted by Gasteiger charge is -2.37. The van der Waals surface area contributed by atoms with Crippen molar-refractivity contribution < 1.29 is 18.8 Å². The number of hydrogen-bond donors (Lipinski definition) is 0. The number of benzene rings is 2. The van der Waals surface area contributed by atoms with Gasteiger partial charge in [-0.1, -0.05) is 22.8 Å². The van der Waals surface area contributed by atoms with Crippen LogP contribution < -0.4 is 4.90 Å². The molecule has 1 aliphatic heterocycles. The minimum absolute atomic E-state index is 0.260. The summed E-state index contributed by atoms with van der Waals surface area (Å²) in [5.74, 6) is 1.66. The van der Waals surface area contributed by atoms with Crippen LogP contribution in [0.1, 0.15) is 61.5 Å². The predicted molar refractivity (Wildman–Crippen MR) is 146 cm³/mol. The van der Waals surface area contributed by atoms with Gasteiger partial charge in [-0.2, -0.15) is 0 Å². The zero-order chi connectivity index (χ0) is 26.4. The number of anilines is 1. The van der Waals surface area contributed by atoms with Gasteiger partial charge in [-0.15, -0.1) is 0 Å². The normalized spacial score (nSPS) is 22.2. The summed E-state index contributed by atoms with van der Waals surface area (Å²) in [6, 6.07) is 13.6. The molecule has 3 heterocycles. The lowest BCUT2D eigenvalue weighted by Crippen LogP contribution is -2.42. The standard InChI is InChI=1S/C29H31ClN4O4/c1-17-27(18(2)38-32-17)19-4-13-25-24(16-19)31-28(33(25)21-9-11-23(36-3)12-10-21)26-14-15-37-29(35)34(26)22-7-5-20(30)6-8-22/h4-8,13,16,21,23,26H,9-12,14-15H2,1-3H3/t21-,23-,26-/m0/s1. The molecule has 9 heteroatoms. The summed E-state index contributed by atoms with van der Waals surface area (Å²) in [4.78, 5) is 20.1. The lowest BCUT2D eigenvalue weighted by molar-refractivity contribution is 0.0582. The van der Waals surface area contributed by atoms with Crippen LogP contribution in [0.3, 0.4) is 0 Å². The maximum absolute atomic E-state index is 13.1. The number of cyclic esters (lactones) is 1. The molecule has 1 atom stereocenters. The molecule has 198 valence electrons. The van der Waals surface area contributed by atoms with Crippen LogP contribution in [0, 0.1) is 13.8 Å². The Balaban J connectivity index is 1.49. The first-order valence-corrected chi connectivity index (χ1v) is 13.5. The maximum Gasteiger partial charge on any atom is 0.414 e. The van der Waals surface area contributed by atoms with E-state index in [1.807, 2.05) is 26.0 Å². The molecule has 0 spiro atoms. The van der Waals surface area contributed by atoms with Crippen molar-refractivity contribution in [1.82, 2.24) is 14.7 Å². The first-order valence-electron chi connectivity index (χ1n) is 13.1. The molecule has 2 aliphatic rings. The largest absolute Gasteiger partial charge is 0.449 e. The van der Waals surface area contributed by atoms with Crippen molar-refractivity contribution in [2.45, 2.75) is 64.1 Å². The number of aryl methyl sites for hydroxylation is 2. The molecule has 1 amide bonds. The molecular weight excluding hydrogens is 504 g/mol. The highest BCUT2D eigenvalue weighted by atomic mass is 35.5. The van der Waals surface area contributed by atoms with Crippen molar-refractivity contribution in [1.29, 1.82) is 0 Å².